The first-order chi connectivity index (χ1) is 15.6. The fraction of sp³-hybridized carbons (Fsp3) is 0.483. The molecule has 0 heterocycles. The molecule has 3 heteroatoms. The summed E-state index contributed by atoms with van der Waals surface area (Å²) in [6.07, 6.45) is 10.00. The van der Waals surface area contributed by atoms with Crippen LogP contribution in [-0.4, -0.2) is 31.0 Å². The van der Waals surface area contributed by atoms with Gasteiger partial charge >= 0.3 is 201 Å². The Bertz CT molecular complexity index is 819. The van der Waals surface area contributed by atoms with Crippen LogP contribution >= 0.6 is 0 Å². The standard InChI is InChI=1S/C17H15O2.3C4H9.Sn/c1-2-19-17(18)16-11-7-6-10-15(16)13-12-14-8-4-3-5-9-14;3*1-3-4-2;/h3-12H,2H2,1H3;3*1,3-4H2,2H3;. The van der Waals surface area contributed by atoms with Crippen molar-refractivity contribution in [3.05, 3.63) is 71.3 Å². The molecular formula is C29H42O2Sn. The third-order valence-corrected chi connectivity index (χ3v) is 22.1. The van der Waals surface area contributed by atoms with Crippen LogP contribution in [0.4, 0.5) is 0 Å². The van der Waals surface area contributed by atoms with Crippen molar-refractivity contribution < 1.29 is 9.53 Å². The van der Waals surface area contributed by atoms with Crippen molar-refractivity contribution >= 4 is 34.0 Å². The van der Waals surface area contributed by atoms with Crippen molar-refractivity contribution in [2.45, 2.75) is 79.5 Å². The molecule has 174 valence electrons. The van der Waals surface area contributed by atoms with E-state index in [0.717, 1.165) is 11.1 Å². The second kappa shape index (κ2) is 14.6. The van der Waals surface area contributed by atoms with Gasteiger partial charge in [0.05, 0.1) is 0 Å². The van der Waals surface area contributed by atoms with Crippen molar-refractivity contribution in [3.63, 3.8) is 0 Å². The van der Waals surface area contributed by atoms with Crippen LogP contribution in [0.2, 0.25) is 13.3 Å². The monoisotopic (exact) mass is 542 g/mol. The first-order valence-corrected chi connectivity index (χ1v) is 20.1. The summed E-state index contributed by atoms with van der Waals surface area (Å²) in [5.41, 5.74) is 3.11. The van der Waals surface area contributed by atoms with E-state index in [2.05, 4.69) is 69.3 Å². The summed E-state index contributed by atoms with van der Waals surface area (Å²) in [6.45, 7) is 9.21. The molecule has 0 radical (unpaired) electrons. The molecule has 2 rings (SSSR count). The first-order valence-electron chi connectivity index (χ1n) is 12.7. The van der Waals surface area contributed by atoms with Crippen LogP contribution in [0.5, 0.6) is 0 Å². The Labute approximate surface area is 200 Å². The van der Waals surface area contributed by atoms with Crippen molar-refractivity contribution in [3.8, 4) is 0 Å². The fourth-order valence-corrected chi connectivity index (χ4v) is 21.5. The van der Waals surface area contributed by atoms with Crippen molar-refractivity contribution in [1.82, 2.24) is 0 Å². The Balaban J connectivity index is 2.75. The van der Waals surface area contributed by atoms with Crippen LogP contribution in [0.15, 0.2) is 54.6 Å². The minimum atomic E-state index is -2.84. The molecule has 0 spiro atoms. The van der Waals surface area contributed by atoms with Gasteiger partial charge in [0, 0.05) is 0 Å². The van der Waals surface area contributed by atoms with Crippen molar-refractivity contribution in [1.29, 1.82) is 0 Å². The zero-order valence-electron chi connectivity index (χ0n) is 20.7. The molecule has 2 aromatic rings. The van der Waals surface area contributed by atoms with E-state index in [9.17, 15) is 4.79 Å². The third kappa shape index (κ3) is 7.50. The Kier molecular flexibility index (Phi) is 12.2. The Morgan fingerprint density at radius 3 is 1.75 bits per heavy atom. The van der Waals surface area contributed by atoms with Gasteiger partial charge in [0.1, 0.15) is 0 Å². The number of esters is 1. The first kappa shape index (κ1) is 26.7. The van der Waals surface area contributed by atoms with Gasteiger partial charge in [-0.1, -0.05) is 0 Å². The topological polar surface area (TPSA) is 26.3 Å². The maximum absolute atomic E-state index is 13.0. The van der Waals surface area contributed by atoms with E-state index in [4.69, 9.17) is 4.74 Å². The summed E-state index contributed by atoms with van der Waals surface area (Å²) in [4.78, 5) is 13.0. The van der Waals surface area contributed by atoms with Crippen LogP contribution in [-0.2, 0) is 4.74 Å². The summed E-state index contributed by atoms with van der Waals surface area (Å²) < 4.78 is 11.1. The molecule has 32 heavy (non-hydrogen) atoms. The summed E-state index contributed by atoms with van der Waals surface area (Å²) in [5.74, 6) is -0.191. The Hall–Kier alpha value is -1.55. The Morgan fingerprint density at radius 1 is 0.750 bits per heavy atom. The van der Waals surface area contributed by atoms with E-state index in [1.807, 2.05) is 19.1 Å². The van der Waals surface area contributed by atoms with Crippen molar-refractivity contribution in [2.75, 3.05) is 6.61 Å². The minimum absolute atomic E-state index is 0.191. The van der Waals surface area contributed by atoms with E-state index in [1.54, 1.807) is 0 Å². The number of rotatable bonds is 14. The summed E-state index contributed by atoms with van der Waals surface area (Å²) >= 11 is -2.84. The van der Waals surface area contributed by atoms with Crippen LogP contribution < -0.4 is 0 Å². The molecule has 0 atom stereocenters. The molecular weight excluding hydrogens is 499 g/mol. The summed E-state index contributed by atoms with van der Waals surface area (Å²) in [5, 5.41) is 0. The van der Waals surface area contributed by atoms with Gasteiger partial charge in [-0.05, 0) is 0 Å². The van der Waals surface area contributed by atoms with Gasteiger partial charge in [0.2, 0.25) is 0 Å². The van der Waals surface area contributed by atoms with Crippen molar-refractivity contribution in [2.24, 2.45) is 0 Å². The van der Waals surface area contributed by atoms with Crippen LogP contribution in [0.1, 0.15) is 87.7 Å². The number of ether oxygens (including phenoxy) is 1. The molecule has 2 nitrogen and oxygen atoms in total. The van der Waals surface area contributed by atoms with E-state index in [-0.39, 0.29) is 5.97 Å². The maximum atomic E-state index is 13.0. The van der Waals surface area contributed by atoms with Gasteiger partial charge in [0.25, 0.3) is 0 Å². The van der Waals surface area contributed by atoms with Gasteiger partial charge < -0.3 is 0 Å². The quantitative estimate of drug-likeness (QED) is 0.136. The number of benzene rings is 2. The molecule has 0 saturated heterocycles. The summed E-state index contributed by atoms with van der Waals surface area (Å²) in [7, 11) is 0. The van der Waals surface area contributed by atoms with E-state index >= 15 is 0 Å². The second-order valence-electron chi connectivity index (χ2n) is 8.83. The van der Waals surface area contributed by atoms with Crippen LogP contribution in [0.25, 0.3) is 9.67 Å². The predicted molar refractivity (Wildman–Crippen MR) is 142 cm³/mol. The molecule has 0 amide bonds. The number of carbonyl (C=O) groups is 1. The van der Waals surface area contributed by atoms with E-state index in [1.165, 1.54) is 61.0 Å². The van der Waals surface area contributed by atoms with Gasteiger partial charge in [-0.25, -0.2) is 0 Å². The SMILES string of the molecule is CCC[CH2][Sn]([CH2]CCC)([CH2]CCC)/[C](=C/c1ccccc1)c1ccccc1C(=O)OCC. The van der Waals surface area contributed by atoms with E-state index < -0.39 is 18.4 Å². The zero-order chi connectivity index (χ0) is 23.2. The number of hydrogen-bond acceptors (Lipinski definition) is 2. The number of hydrogen-bond donors (Lipinski definition) is 0. The molecule has 0 fully saturated rings. The molecule has 0 N–H and O–H groups in total. The van der Waals surface area contributed by atoms with Gasteiger partial charge in [0.15, 0.2) is 0 Å². The molecule has 0 aromatic heterocycles. The fourth-order valence-electron chi connectivity index (χ4n) is 4.66. The molecule has 2 aromatic carbocycles. The normalized spacial score (nSPS) is 12.1. The van der Waals surface area contributed by atoms with Crippen LogP contribution in [0.3, 0.4) is 0 Å². The molecule has 0 bridgehead atoms. The molecule has 0 aliphatic rings. The van der Waals surface area contributed by atoms with Gasteiger partial charge in [-0.2, -0.15) is 0 Å². The second-order valence-corrected chi connectivity index (χ2v) is 22.0. The number of unbranched alkanes of at least 4 members (excludes halogenated alkanes) is 3. The Morgan fingerprint density at radius 2 is 1.25 bits per heavy atom. The third-order valence-electron chi connectivity index (χ3n) is 6.42. The summed E-state index contributed by atoms with van der Waals surface area (Å²) in [6, 6.07) is 18.9. The molecule has 0 saturated carbocycles. The van der Waals surface area contributed by atoms with Gasteiger partial charge in [-0.15, -0.1) is 0 Å². The average molecular weight is 541 g/mol. The van der Waals surface area contributed by atoms with Gasteiger partial charge in [-0.3, -0.25) is 0 Å². The zero-order valence-corrected chi connectivity index (χ0v) is 23.5. The predicted octanol–water partition coefficient (Wildman–Crippen LogP) is 8.79. The number of carbonyl (C=O) groups excluding carboxylic acids is 1. The molecule has 0 aliphatic carbocycles. The molecule has 0 unspecified atom stereocenters. The van der Waals surface area contributed by atoms with Crippen LogP contribution in [0, 0.1) is 0 Å². The van der Waals surface area contributed by atoms with E-state index in [0.29, 0.717) is 6.61 Å². The molecule has 0 aliphatic heterocycles. The average Bonchev–Trinajstić information content (AvgIpc) is 2.83.